The highest BCUT2D eigenvalue weighted by atomic mass is 35.5. The molecule has 2 rings (SSSR count). The maximum atomic E-state index is 5.76. The molecule has 0 fully saturated rings. The van der Waals surface area contributed by atoms with Gasteiger partial charge < -0.3 is 9.73 Å². The lowest BCUT2D eigenvalue weighted by Gasteiger charge is -2.07. The third kappa shape index (κ3) is 2.83. The number of nitrogens with zero attached hydrogens (tertiary/aromatic N) is 3. The van der Waals surface area contributed by atoms with Gasteiger partial charge in [-0.3, -0.25) is 5.32 Å². The number of aromatic nitrogens is 3. The van der Waals surface area contributed by atoms with E-state index in [0.29, 0.717) is 17.8 Å². The first-order valence-electron chi connectivity index (χ1n) is 4.64. The Hall–Kier alpha value is -1.82. The Labute approximate surface area is 97.1 Å². The summed E-state index contributed by atoms with van der Waals surface area (Å²) in [5.74, 6) is 1.02. The third-order valence-electron chi connectivity index (χ3n) is 1.65. The number of anilines is 3. The topological polar surface area (TPSA) is 75.9 Å². The molecule has 0 saturated carbocycles. The second kappa shape index (κ2) is 4.80. The fourth-order valence-corrected chi connectivity index (χ4v) is 1.17. The summed E-state index contributed by atoms with van der Waals surface area (Å²) in [4.78, 5) is 12.1. The minimum Gasteiger partial charge on any atom is -0.432 e. The quantitative estimate of drug-likeness (QED) is 0.629. The third-order valence-corrected chi connectivity index (χ3v) is 1.76. The zero-order chi connectivity index (χ0) is 11.4. The lowest BCUT2D eigenvalue weighted by atomic mass is 10.6. The molecular weight excluding hydrogens is 230 g/mol. The molecule has 84 valence electrons. The Bertz CT molecular complexity index is 445. The monoisotopic (exact) mass is 239 g/mol. The molecule has 7 heteroatoms. The van der Waals surface area contributed by atoms with Gasteiger partial charge in [-0.2, -0.15) is 4.98 Å². The Morgan fingerprint density at radius 2 is 2.25 bits per heavy atom. The molecule has 2 aromatic rings. The second-order valence-electron chi connectivity index (χ2n) is 2.99. The SMILES string of the molecule is CC(Cl)Nc1nccc(Nc2ncco2)n1. The van der Waals surface area contributed by atoms with Crippen molar-refractivity contribution in [2.24, 2.45) is 0 Å². The molecule has 0 bridgehead atoms. The molecule has 16 heavy (non-hydrogen) atoms. The number of hydrogen-bond acceptors (Lipinski definition) is 6. The van der Waals surface area contributed by atoms with Crippen LogP contribution in [0.1, 0.15) is 6.92 Å². The molecule has 0 aliphatic carbocycles. The molecule has 1 atom stereocenters. The average molecular weight is 240 g/mol. The number of nitrogens with one attached hydrogen (secondary N) is 2. The average Bonchev–Trinajstić information content (AvgIpc) is 2.70. The number of rotatable bonds is 4. The van der Waals surface area contributed by atoms with Gasteiger partial charge in [0.15, 0.2) is 0 Å². The predicted octanol–water partition coefficient (Wildman–Crippen LogP) is 2.20. The summed E-state index contributed by atoms with van der Waals surface area (Å²) in [6.07, 6.45) is 4.63. The number of oxazole rings is 1. The Morgan fingerprint density at radius 3 is 2.94 bits per heavy atom. The van der Waals surface area contributed by atoms with E-state index in [1.165, 1.54) is 6.26 Å². The van der Waals surface area contributed by atoms with Gasteiger partial charge in [0.05, 0.1) is 6.20 Å². The number of alkyl halides is 1. The van der Waals surface area contributed by atoms with E-state index < -0.39 is 0 Å². The minimum absolute atomic E-state index is 0.239. The van der Waals surface area contributed by atoms with Crippen molar-refractivity contribution in [3.05, 3.63) is 24.7 Å². The highest BCUT2D eigenvalue weighted by Gasteiger charge is 2.03. The van der Waals surface area contributed by atoms with Crippen LogP contribution in [0.4, 0.5) is 17.8 Å². The van der Waals surface area contributed by atoms with Crippen LogP contribution >= 0.6 is 11.6 Å². The molecular formula is C9H10ClN5O. The van der Waals surface area contributed by atoms with E-state index in [2.05, 4.69) is 25.6 Å². The van der Waals surface area contributed by atoms with Gasteiger partial charge >= 0.3 is 0 Å². The summed E-state index contributed by atoms with van der Waals surface area (Å²) in [6.45, 7) is 1.79. The second-order valence-corrected chi connectivity index (χ2v) is 3.64. The van der Waals surface area contributed by atoms with Crippen molar-refractivity contribution in [2.45, 2.75) is 12.4 Å². The highest BCUT2D eigenvalue weighted by Crippen LogP contribution is 2.13. The Kier molecular flexibility index (Phi) is 3.21. The maximum absolute atomic E-state index is 5.76. The van der Waals surface area contributed by atoms with Crippen molar-refractivity contribution in [1.29, 1.82) is 0 Å². The molecule has 0 aromatic carbocycles. The summed E-state index contributed by atoms with van der Waals surface area (Å²) in [5.41, 5.74) is -0.239. The normalized spacial score (nSPS) is 12.1. The van der Waals surface area contributed by atoms with Crippen LogP contribution in [0.15, 0.2) is 29.1 Å². The zero-order valence-electron chi connectivity index (χ0n) is 8.51. The van der Waals surface area contributed by atoms with E-state index in [4.69, 9.17) is 16.0 Å². The Balaban J connectivity index is 2.10. The number of halogens is 1. The molecule has 0 spiro atoms. The van der Waals surface area contributed by atoms with E-state index in [0.717, 1.165) is 0 Å². The lowest BCUT2D eigenvalue weighted by molar-refractivity contribution is 0.577. The first kappa shape index (κ1) is 10.7. The van der Waals surface area contributed by atoms with Crippen molar-refractivity contribution in [3.8, 4) is 0 Å². The molecule has 0 radical (unpaired) electrons. The molecule has 1 unspecified atom stereocenters. The first-order chi connectivity index (χ1) is 7.74. The molecule has 6 nitrogen and oxygen atoms in total. The summed E-state index contributed by atoms with van der Waals surface area (Å²) in [7, 11) is 0. The smallest absolute Gasteiger partial charge is 0.300 e. The first-order valence-corrected chi connectivity index (χ1v) is 5.08. The molecule has 2 aromatic heterocycles. The van der Waals surface area contributed by atoms with E-state index in [9.17, 15) is 0 Å². The Morgan fingerprint density at radius 1 is 1.38 bits per heavy atom. The molecule has 0 aliphatic heterocycles. The minimum atomic E-state index is -0.239. The molecule has 0 amide bonds. The van der Waals surface area contributed by atoms with Crippen LogP contribution in [0, 0.1) is 0 Å². The van der Waals surface area contributed by atoms with Crippen molar-refractivity contribution in [2.75, 3.05) is 10.6 Å². The summed E-state index contributed by atoms with van der Waals surface area (Å²) >= 11 is 5.76. The van der Waals surface area contributed by atoms with Gasteiger partial charge in [-0.15, -0.1) is 0 Å². The van der Waals surface area contributed by atoms with Crippen LogP contribution in [0.25, 0.3) is 0 Å². The van der Waals surface area contributed by atoms with Crippen LogP contribution in [0.5, 0.6) is 0 Å². The van der Waals surface area contributed by atoms with Crippen molar-refractivity contribution >= 4 is 29.4 Å². The van der Waals surface area contributed by atoms with Crippen molar-refractivity contribution in [3.63, 3.8) is 0 Å². The van der Waals surface area contributed by atoms with Crippen molar-refractivity contribution in [1.82, 2.24) is 15.0 Å². The standard InChI is InChI=1S/C9H10ClN5O/c1-6(10)13-8-11-3-2-7(14-8)15-9-12-4-5-16-9/h2-6H,1H3,(H2,11,12,13,14,15). The largest absolute Gasteiger partial charge is 0.432 e. The van der Waals surface area contributed by atoms with Gasteiger partial charge in [-0.25, -0.2) is 9.97 Å². The van der Waals surface area contributed by atoms with E-state index >= 15 is 0 Å². The van der Waals surface area contributed by atoms with E-state index in [1.807, 2.05) is 0 Å². The van der Waals surface area contributed by atoms with Crippen LogP contribution in [-0.2, 0) is 0 Å². The molecule has 0 saturated heterocycles. The molecule has 0 aliphatic rings. The van der Waals surface area contributed by atoms with Gasteiger partial charge in [0.25, 0.3) is 6.01 Å². The molecule has 2 N–H and O–H groups in total. The fourth-order valence-electron chi connectivity index (χ4n) is 1.07. The van der Waals surface area contributed by atoms with Crippen LogP contribution < -0.4 is 10.6 Å². The fraction of sp³-hybridized carbons (Fsp3) is 0.222. The van der Waals surface area contributed by atoms with E-state index in [1.54, 1.807) is 25.4 Å². The lowest BCUT2D eigenvalue weighted by Crippen LogP contribution is -2.10. The summed E-state index contributed by atoms with van der Waals surface area (Å²) in [5, 5.41) is 5.76. The number of hydrogen-bond donors (Lipinski definition) is 2. The predicted molar refractivity (Wildman–Crippen MR) is 60.8 cm³/mol. The van der Waals surface area contributed by atoms with E-state index in [-0.39, 0.29) is 5.50 Å². The molecule has 2 heterocycles. The van der Waals surface area contributed by atoms with Crippen LogP contribution in [0.2, 0.25) is 0 Å². The van der Waals surface area contributed by atoms with Gasteiger partial charge in [-0.1, -0.05) is 11.6 Å². The highest BCUT2D eigenvalue weighted by molar-refractivity contribution is 6.21. The van der Waals surface area contributed by atoms with Gasteiger partial charge in [0.1, 0.15) is 17.6 Å². The maximum Gasteiger partial charge on any atom is 0.300 e. The summed E-state index contributed by atoms with van der Waals surface area (Å²) < 4.78 is 5.03. The van der Waals surface area contributed by atoms with Gasteiger partial charge in [0.2, 0.25) is 5.95 Å². The van der Waals surface area contributed by atoms with Crippen LogP contribution in [0.3, 0.4) is 0 Å². The summed E-state index contributed by atoms with van der Waals surface area (Å²) in [6, 6.07) is 2.08. The van der Waals surface area contributed by atoms with Gasteiger partial charge in [-0.05, 0) is 13.0 Å². The van der Waals surface area contributed by atoms with Crippen LogP contribution in [-0.4, -0.2) is 20.5 Å². The van der Waals surface area contributed by atoms with Gasteiger partial charge in [0, 0.05) is 6.20 Å². The zero-order valence-corrected chi connectivity index (χ0v) is 9.27. The van der Waals surface area contributed by atoms with Crippen molar-refractivity contribution < 1.29 is 4.42 Å².